The largest absolute Gasteiger partial charge is 0.465 e. The van der Waals surface area contributed by atoms with Crippen LogP contribution in [0.25, 0.3) is 0 Å². The van der Waals surface area contributed by atoms with Gasteiger partial charge in [0.2, 0.25) is 0 Å². The fourth-order valence-electron chi connectivity index (χ4n) is 2.55. The number of amides is 1. The van der Waals surface area contributed by atoms with Crippen molar-refractivity contribution < 1.29 is 9.90 Å². The zero-order chi connectivity index (χ0) is 14.5. The van der Waals surface area contributed by atoms with Gasteiger partial charge in [0, 0.05) is 25.3 Å². The van der Waals surface area contributed by atoms with Crippen LogP contribution in [0, 0.1) is 0 Å². The number of likely N-dealkylation sites (N-methyl/N-ethyl adjacent to an activating group) is 1. The third-order valence-corrected chi connectivity index (χ3v) is 3.82. The van der Waals surface area contributed by atoms with Gasteiger partial charge in [-0.15, -0.1) is 0 Å². The molecule has 0 aliphatic carbocycles. The van der Waals surface area contributed by atoms with Gasteiger partial charge in [-0.1, -0.05) is 12.1 Å². The minimum atomic E-state index is -0.989. The molecule has 1 amide bonds. The molecule has 20 heavy (non-hydrogen) atoms. The standard InChI is InChI=1S/C15H23N3O2/c1-12(16-15(19)20)13-4-6-14(7-5-13)18-9-3-8-17(2)10-11-18/h4-7,12,16H,3,8-11H2,1-2H3,(H,19,20)/t12-/m0/s1. The van der Waals surface area contributed by atoms with Crippen LogP contribution in [0.5, 0.6) is 0 Å². The van der Waals surface area contributed by atoms with E-state index in [9.17, 15) is 4.79 Å². The van der Waals surface area contributed by atoms with Crippen LogP contribution in [0.2, 0.25) is 0 Å². The van der Waals surface area contributed by atoms with Gasteiger partial charge in [0.1, 0.15) is 0 Å². The molecule has 0 spiro atoms. The molecule has 1 atom stereocenters. The smallest absolute Gasteiger partial charge is 0.405 e. The van der Waals surface area contributed by atoms with Gasteiger partial charge in [0.05, 0.1) is 6.04 Å². The second kappa shape index (κ2) is 6.61. The first-order chi connectivity index (χ1) is 9.56. The van der Waals surface area contributed by atoms with E-state index in [-0.39, 0.29) is 6.04 Å². The van der Waals surface area contributed by atoms with Gasteiger partial charge in [-0.2, -0.15) is 0 Å². The Bertz CT molecular complexity index is 447. The van der Waals surface area contributed by atoms with E-state index in [4.69, 9.17) is 5.11 Å². The van der Waals surface area contributed by atoms with Crippen LogP contribution >= 0.6 is 0 Å². The molecule has 1 heterocycles. The van der Waals surface area contributed by atoms with E-state index in [2.05, 4.69) is 34.3 Å². The Morgan fingerprint density at radius 1 is 1.20 bits per heavy atom. The van der Waals surface area contributed by atoms with Crippen molar-refractivity contribution >= 4 is 11.8 Å². The average Bonchev–Trinajstić information content (AvgIpc) is 2.63. The molecule has 0 radical (unpaired) electrons. The van der Waals surface area contributed by atoms with Crippen molar-refractivity contribution in [3.05, 3.63) is 29.8 Å². The zero-order valence-corrected chi connectivity index (χ0v) is 12.2. The summed E-state index contributed by atoms with van der Waals surface area (Å²) in [6, 6.07) is 7.99. The van der Waals surface area contributed by atoms with Crippen LogP contribution in [0.15, 0.2) is 24.3 Å². The second-order valence-corrected chi connectivity index (χ2v) is 5.41. The summed E-state index contributed by atoms with van der Waals surface area (Å²) in [5.74, 6) is 0. The first-order valence-corrected chi connectivity index (χ1v) is 7.09. The Kier molecular flexibility index (Phi) is 4.84. The van der Waals surface area contributed by atoms with Crippen LogP contribution in [0.3, 0.4) is 0 Å². The summed E-state index contributed by atoms with van der Waals surface area (Å²) in [6.45, 7) is 6.20. The van der Waals surface area contributed by atoms with E-state index in [0.29, 0.717) is 0 Å². The van der Waals surface area contributed by atoms with E-state index >= 15 is 0 Å². The van der Waals surface area contributed by atoms with Crippen LogP contribution in [-0.2, 0) is 0 Å². The molecule has 1 aromatic carbocycles. The Hall–Kier alpha value is -1.75. The number of nitrogens with one attached hydrogen (secondary N) is 1. The maximum atomic E-state index is 10.6. The van der Waals surface area contributed by atoms with Gasteiger partial charge >= 0.3 is 6.09 Å². The van der Waals surface area contributed by atoms with Gasteiger partial charge in [0.15, 0.2) is 0 Å². The summed E-state index contributed by atoms with van der Waals surface area (Å²) in [5.41, 5.74) is 2.20. The molecule has 0 aromatic heterocycles. The first-order valence-electron chi connectivity index (χ1n) is 7.09. The summed E-state index contributed by atoms with van der Waals surface area (Å²) in [5, 5.41) is 11.2. The number of nitrogens with zero attached hydrogens (tertiary/aromatic N) is 2. The Morgan fingerprint density at radius 2 is 1.90 bits per heavy atom. The number of carbonyl (C=O) groups is 1. The quantitative estimate of drug-likeness (QED) is 0.889. The third kappa shape index (κ3) is 3.87. The Labute approximate surface area is 120 Å². The van der Waals surface area contributed by atoms with E-state index in [0.717, 1.165) is 31.7 Å². The molecule has 0 saturated carbocycles. The van der Waals surface area contributed by atoms with Crippen molar-refractivity contribution in [1.82, 2.24) is 10.2 Å². The molecular formula is C15H23N3O2. The van der Waals surface area contributed by atoms with E-state index in [1.165, 1.54) is 12.1 Å². The van der Waals surface area contributed by atoms with Gasteiger partial charge < -0.3 is 20.2 Å². The third-order valence-electron chi connectivity index (χ3n) is 3.82. The highest BCUT2D eigenvalue weighted by molar-refractivity contribution is 5.65. The van der Waals surface area contributed by atoms with E-state index in [1.54, 1.807) is 0 Å². The van der Waals surface area contributed by atoms with Crippen molar-refractivity contribution in [2.75, 3.05) is 38.1 Å². The molecule has 1 fully saturated rings. The monoisotopic (exact) mass is 277 g/mol. The molecule has 1 saturated heterocycles. The lowest BCUT2D eigenvalue weighted by atomic mass is 10.1. The predicted octanol–water partition coefficient (Wildman–Crippen LogP) is 2.16. The van der Waals surface area contributed by atoms with Crippen LogP contribution < -0.4 is 10.2 Å². The molecule has 5 heteroatoms. The highest BCUT2D eigenvalue weighted by Gasteiger charge is 2.13. The summed E-state index contributed by atoms with van der Waals surface area (Å²) >= 11 is 0. The Balaban J connectivity index is 2.02. The predicted molar refractivity (Wildman–Crippen MR) is 80.3 cm³/mol. The molecule has 2 N–H and O–H groups in total. The molecule has 0 bridgehead atoms. The maximum absolute atomic E-state index is 10.6. The van der Waals surface area contributed by atoms with Gasteiger partial charge in [-0.3, -0.25) is 0 Å². The maximum Gasteiger partial charge on any atom is 0.405 e. The van der Waals surface area contributed by atoms with Gasteiger partial charge in [0.25, 0.3) is 0 Å². The van der Waals surface area contributed by atoms with Crippen molar-refractivity contribution in [3.8, 4) is 0 Å². The normalized spacial score (nSPS) is 18.4. The van der Waals surface area contributed by atoms with Crippen molar-refractivity contribution in [1.29, 1.82) is 0 Å². The molecule has 0 unspecified atom stereocenters. The second-order valence-electron chi connectivity index (χ2n) is 5.41. The van der Waals surface area contributed by atoms with E-state index in [1.807, 2.05) is 19.1 Å². The number of hydrogen-bond donors (Lipinski definition) is 2. The Morgan fingerprint density at radius 3 is 2.55 bits per heavy atom. The van der Waals surface area contributed by atoms with Crippen molar-refractivity contribution in [3.63, 3.8) is 0 Å². The summed E-state index contributed by atoms with van der Waals surface area (Å²) in [7, 11) is 2.16. The first kappa shape index (κ1) is 14.7. The minimum Gasteiger partial charge on any atom is -0.465 e. The molecule has 5 nitrogen and oxygen atoms in total. The highest BCUT2D eigenvalue weighted by Crippen LogP contribution is 2.20. The van der Waals surface area contributed by atoms with Gasteiger partial charge in [-0.25, -0.2) is 4.79 Å². The molecule has 2 rings (SSSR count). The summed E-state index contributed by atoms with van der Waals surface area (Å²) in [6.07, 6.45) is 0.187. The van der Waals surface area contributed by atoms with Crippen molar-refractivity contribution in [2.45, 2.75) is 19.4 Å². The number of carboxylic acid groups (broad SMARTS) is 1. The zero-order valence-electron chi connectivity index (χ0n) is 12.2. The SMILES string of the molecule is C[C@H](NC(=O)O)c1ccc(N2CCCN(C)CC2)cc1. The topological polar surface area (TPSA) is 55.8 Å². The lowest BCUT2D eigenvalue weighted by molar-refractivity contribution is 0.191. The highest BCUT2D eigenvalue weighted by atomic mass is 16.4. The van der Waals surface area contributed by atoms with Gasteiger partial charge in [-0.05, 0) is 44.6 Å². The molecule has 1 aliphatic rings. The lowest BCUT2D eigenvalue weighted by Crippen LogP contribution is -2.28. The number of hydrogen-bond acceptors (Lipinski definition) is 3. The number of benzene rings is 1. The number of rotatable bonds is 3. The number of anilines is 1. The van der Waals surface area contributed by atoms with Crippen LogP contribution in [0.4, 0.5) is 10.5 Å². The summed E-state index contributed by atoms with van der Waals surface area (Å²) < 4.78 is 0. The van der Waals surface area contributed by atoms with E-state index < -0.39 is 6.09 Å². The summed E-state index contributed by atoms with van der Waals surface area (Å²) in [4.78, 5) is 15.4. The fraction of sp³-hybridized carbons (Fsp3) is 0.533. The molecular weight excluding hydrogens is 254 g/mol. The van der Waals surface area contributed by atoms with Crippen LogP contribution in [-0.4, -0.2) is 49.3 Å². The molecule has 1 aliphatic heterocycles. The fourth-order valence-corrected chi connectivity index (χ4v) is 2.55. The average molecular weight is 277 g/mol. The molecule has 1 aromatic rings. The van der Waals surface area contributed by atoms with Crippen LogP contribution in [0.1, 0.15) is 24.9 Å². The van der Waals surface area contributed by atoms with Crippen molar-refractivity contribution in [2.24, 2.45) is 0 Å². The molecule has 110 valence electrons. The minimum absolute atomic E-state index is 0.184. The lowest BCUT2D eigenvalue weighted by Gasteiger charge is -2.23.